The van der Waals surface area contributed by atoms with E-state index >= 15 is 0 Å². The fraction of sp³-hybridized carbons (Fsp3) is 0. The Labute approximate surface area is 66.5 Å². The molecule has 0 unspecified atom stereocenters. The highest BCUT2D eigenvalue weighted by molar-refractivity contribution is 7.97. The summed E-state index contributed by atoms with van der Waals surface area (Å²) >= 11 is 0. The van der Waals surface area contributed by atoms with Gasteiger partial charge in [-0.15, -0.1) is 11.5 Å². The van der Waals surface area contributed by atoms with Crippen LogP contribution in [-0.2, 0) is 9.84 Å². The first kappa shape index (κ1) is 9.73. The molecule has 0 aliphatic rings. The van der Waals surface area contributed by atoms with Crippen LogP contribution < -0.4 is 0 Å². The van der Waals surface area contributed by atoms with E-state index in [2.05, 4.69) is 24.6 Å². The Kier molecular flexibility index (Phi) is 4.01. The van der Waals surface area contributed by atoms with E-state index in [1.54, 1.807) is 0 Å². The van der Waals surface area contributed by atoms with E-state index in [1.807, 2.05) is 0 Å². The maximum Gasteiger partial charge on any atom is 0.207 e. The van der Waals surface area contributed by atoms with Crippen LogP contribution in [-0.4, -0.2) is 8.42 Å². The van der Waals surface area contributed by atoms with Gasteiger partial charge in [0.2, 0.25) is 9.84 Å². The van der Waals surface area contributed by atoms with E-state index in [0.29, 0.717) is 0 Å². The van der Waals surface area contributed by atoms with E-state index in [4.69, 9.17) is 0 Å². The molecule has 11 heavy (non-hydrogen) atoms. The van der Waals surface area contributed by atoms with Crippen LogP contribution in [0.3, 0.4) is 0 Å². The minimum Gasteiger partial charge on any atom is -0.218 e. The van der Waals surface area contributed by atoms with Crippen LogP contribution in [0.5, 0.6) is 0 Å². The largest absolute Gasteiger partial charge is 0.218 e. The number of hydrogen-bond acceptors (Lipinski definition) is 2. The zero-order valence-corrected chi connectivity index (χ0v) is 6.76. The maximum absolute atomic E-state index is 10.8. The van der Waals surface area contributed by atoms with Crippen molar-refractivity contribution in [2.75, 3.05) is 0 Å². The monoisotopic (exact) mass is 168 g/mol. The molecule has 0 aromatic rings. The van der Waals surface area contributed by atoms with Gasteiger partial charge >= 0.3 is 0 Å². The Bertz CT molecular complexity index is 334. The Morgan fingerprint density at radius 3 is 2.36 bits per heavy atom. The van der Waals surface area contributed by atoms with E-state index in [1.165, 1.54) is 12.2 Å². The van der Waals surface area contributed by atoms with Crippen LogP contribution in [0.25, 0.3) is 0 Å². The van der Waals surface area contributed by atoms with Gasteiger partial charge < -0.3 is 0 Å². The average Bonchev–Trinajstić information content (AvgIpc) is 1.87. The Morgan fingerprint density at radius 2 is 1.91 bits per heavy atom. The van der Waals surface area contributed by atoms with Gasteiger partial charge in [-0.25, -0.2) is 8.42 Å². The first-order chi connectivity index (χ1) is 5.12. The van der Waals surface area contributed by atoms with Crippen molar-refractivity contribution >= 4 is 9.84 Å². The smallest absolute Gasteiger partial charge is 0.207 e. The molecule has 0 spiro atoms. The summed E-state index contributed by atoms with van der Waals surface area (Å²) in [5.74, 6) is 0. The minimum atomic E-state index is -3.32. The van der Waals surface area contributed by atoms with Gasteiger partial charge in [0.25, 0.3) is 0 Å². The van der Waals surface area contributed by atoms with Gasteiger partial charge in [-0.3, -0.25) is 0 Å². The third-order valence-corrected chi connectivity index (χ3v) is 1.65. The quantitative estimate of drug-likeness (QED) is 0.473. The van der Waals surface area contributed by atoms with Gasteiger partial charge in [0.1, 0.15) is 0 Å². The summed E-state index contributed by atoms with van der Waals surface area (Å²) in [6, 6.07) is 0. The van der Waals surface area contributed by atoms with Gasteiger partial charge in [-0.05, 0) is 6.08 Å². The lowest BCUT2D eigenvalue weighted by molar-refractivity contribution is 0.612. The molecule has 0 bridgehead atoms. The van der Waals surface area contributed by atoms with Gasteiger partial charge in [-0.1, -0.05) is 19.2 Å². The maximum atomic E-state index is 10.8. The summed E-state index contributed by atoms with van der Waals surface area (Å²) in [7, 11) is -3.32. The second-order valence-corrected chi connectivity index (χ2v) is 3.25. The van der Waals surface area contributed by atoms with Crippen LogP contribution in [0.15, 0.2) is 47.6 Å². The summed E-state index contributed by atoms with van der Waals surface area (Å²) < 4.78 is 21.5. The molecule has 0 aliphatic carbocycles. The molecule has 0 saturated heterocycles. The number of sulfone groups is 1. The Balaban J connectivity index is 4.77. The minimum absolute atomic E-state index is 0.872. The van der Waals surface area contributed by atoms with Crippen molar-refractivity contribution in [2.45, 2.75) is 0 Å². The molecule has 3 heteroatoms. The van der Waals surface area contributed by atoms with E-state index in [-0.39, 0.29) is 0 Å². The van der Waals surface area contributed by atoms with Crippen LogP contribution in [0.2, 0.25) is 0 Å². The predicted molar refractivity (Wildman–Crippen MR) is 45.5 cm³/mol. The van der Waals surface area contributed by atoms with Gasteiger partial charge in [-0.2, -0.15) is 0 Å². The van der Waals surface area contributed by atoms with Crippen molar-refractivity contribution in [3.63, 3.8) is 0 Å². The first-order valence-electron chi connectivity index (χ1n) is 2.77. The molecule has 0 amide bonds. The molecule has 58 valence electrons. The summed E-state index contributed by atoms with van der Waals surface area (Å²) in [5, 5.41) is 1.80. The molecule has 0 fully saturated rings. The van der Waals surface area contributed by atoms with Crippen LogP contribution in [0, 0.1) is 0 Å². The molecule has 2 nitrogen and oxygen atoms in total. The SMILES string of the molecule is C=C=CS(=O)(=O)C=C=CC=C. The van der Waals surface area contributed by atoms with Crippen molar-refractivity contribution in [3.8, 4) is 0 Å². The second-order valence-electron chi connectivity index (χ2n) is 1.60. The van der Waals surface area contributed by atoms with Gasteiger partial charge in [0.05, 0.1) is 10.8 Å². The highest BCUT2D eigenvalue weighted by Gasteiger charge is 1.94. The van der Waals surface area contributed by atoms with Gasteiger partial charge in [0, 0.05) is 0 Å². The summed E-state index contributed by atoms with van der Waals surface area (Å²) in [4.78, 5) is 0. The van der Waals surface area contributed by atoms with E-state index in [9.17, 15) is 8.42 Å². The van der Waals surface area contributed by atoms with Crippen molar-refractivity contribution in [2.24, 2.45) is 0 Å². The normalized spacial score (nSPS) is 8.73. The third kappa shape index (κ3) is 5.19. The van der Waals surface area contributed by atoms with Crippen LogP contribution >= 0.6 is 0 Å². The molecular weight excluding hydrogens is 160 g/mol. The van der Waals surface area contributed by atoms with Crippen LogP contribution in [0.4, 0.5) is 0 Å². The topological polar surface area (TPSA) is 34.1 Å². The Hall–Kier alpha value is -1.27. The third-order valence-electron chi connectivity index (χ3n) is 0.694. The van der Waals surface area contributed by atoms with Crippen molar-refractivity contribution in [1.29, 1.82) is 0 Å². The summed E-state index contributed by atoms with van der Waals surface area (Å²) in [6.45, 7) is 6.49. The molecule has 0 aromatic carbocycles. The zero-order valence-electron chi connectivity index (χ0n) is 5.95. The average molecular weight is 168 g/mol. The second kappa shape index (κ2) is 4.53. The number of rotatable bonds is 3. The van der Waals surface area contributed by atoms with E-state index in [0.717, 1.165) is 10.8 Å². The first-order valence-corrected chi connectivity index (χ1v) is 4.38. The van der Waals surface area contributed by atoms with Gasteiger partial charge in [0.15, 0.2) is 0 Å². The molecule has 0 saturated carbocycles. The lowest BCUT2D eigenvalue weighted by Crippen LogP contribution is -1.84. The fourth-order valence-corrected chi connectivity index (χ4v) is 0.921. The van der Waals surface area contributed by atoms with Crippen LogP contribution in [0.1, 0.15) is 0 Å². The molecule has 0 heterocycles. The number of allylic oxidation sites excluding steroid dienone is 2. The van der Waals surface area contributed by atoms with Crippen molar-refractivity contribution in [3.05, 3.63) is 47.6 Å². The molecular formula is C8H8O2S. The Morgan fingerprint density at radius 1 is 1.27 bits per heavy atom. The summed E-state index contributed by atoms with van der Waals surface area (Å²) in [6.07, 6.45) is 2.83. The lowest BCUT2D eigenvalue weighted by atomic mass is 10.6. The summed E-state index contributed by atoms with van der Waals surface area (Å²) in [5.41, 5.74) is 4.57. The fourth-order valence-electron chi connectivity index (χ4n) is 0.352. The standard InChI is InChI=1S/C8H8O2S/c1-3-5-6-8-11(9,10)7-4-2/h3,5,7-8H,1-2H2. The molecule has 0 N–H and O–H groups in total. The van der Waals surface area contributed by atoms with Crippen molar-refractivity contribution in [1.82, 2.24) is 0 Å². The molecule has 0 rings (SSSR count). The van der Waals surface area contributed by atoms with Crippen molar-refractivity contribution < 1.29 is 8.42 Å². The highest BCUT2D eigenvalue weighted by atomic mass is 32.2. The molecule has 0 radical (unpaired) electrons. The number of hydrogen-bond donors (Lipinski definition) is 0. The molecule has 0 atom stereocenters. The lowest BCUT2D eigenvalue weighted by Gasteiger charge is -1.78. The van der Waals surface area contributed by atoms with E-state index < -0.39 is 9.84 Å². The predicted octanol–water partition coefficient (Wildman–Crippen LogP) is 1.55. The zero-order chi connectivity index (χ0) is 8.74. The molecule has 0 aromatic heterocycles. The molecule has 0 aliphatic heterocycles. The highest BCUT2D eigenvalue weighted by Crippen LogP contribution is 1.90.